The van der Waals surface area contributed by atoms with E-state index in [0.29, 0.717) is 22.2 Å². The zero-order valence-electron chi connectivity index (χ0n) is 20.2. The van der Waals surface area contributed by atoms with Crippen LogP contribution in [0, 0.1) is 0 Å². The molecular formula is C28H29BrCl2N2O3. The minimum atomic E-state index is -0.742. The van der Waals surface area contributed by atoms with E-state index in [2.05, 4.69) is 21.2 Å². The summed E-state index contributed by atoms with van der Waals surface area (Å²) in [6.45, 7) is 3.90. The highest BCUT2D eigenvalue weighted by molar-refractivity contribution is 9.10. The normalized spacial score (nSPS) is 12.5. The molecule has 0 bridgehead atoms. The molecule has 0 aliphatic carbocycles. The van der Waals surface area contributed by atoms with Gasteiger partial charge in [-0.25, -0.2) is 0 Å². The third kappa shape index (κ3) is 8.26. The highest BCUT2D eigenvalue weighted by Gasteiger charge is 2.31. The van der Waals surface area contributed by atoms with Gasteiger partial charge in [0.05, 0.1) is 5.02 Å². The number of ether oxygens (including phenoxy) is 1. The summed E-state index contributed by atoms with van der Waals surface area (Å²) < 4.78 is 6.58. The molecule has 5 nitrogen and oxygen atoms in total. The van der Waals surface area contributed by atoms with E-state index in [1.165, 1.54) is 0 Å². The fourth-order valence-electron chi connectivity index (χ4n) is 3.60. The van der Waals surface area contributed by atoms with Crippen LogP contribution in [-0.4, -0.2) is 35.4 Å². The first-order valence-corrected chi connectivity index (χ1v) is 13.3. The van der Waals surface area contributed by atoms with Gasteiger partial charge in [-0.3, -0.25) is 9.59 Å². The largest absolute Gasteiger partial charge is 0.482 e. The van der Waals surface area contributed by atoms with Gasteiger partial charge >= 0.3 is 0 Å². The van der Waals surface area contributed by atoms with E-state index in [1.54, 1.807) is 35.2 Å². The van der Waals surface area contributed by atoms with Gasteiger partial charge in [-0.2, -0.15) is 0 Å². The van der Waals surface area contributed by atoms with Crippen LogP contribution in [0.25, 0.3) is 0 Å². The second-order valence-electron chi connectivity index (χ2n) is 8.53. The molecule has 0 saturated carbocycles. The van der Waals surface area contributed by atoms with Crippen LogP contribution in [0.3, 0.4) is 0 Å². The Kier molecular flexibility index (Phi) is 10.7. The van der Waals surface area contributed by atoms with Gasteiger partial charge in [0.2, 0.25) is 5.91 Å². The highest BCUT2D eigenvalue weighted by Crippen LogP contribution is 2.28. The lowest BCUT2D eigenvalue weighted by Crippen LogP contribution is -2.53. The molecule has 3 aromatic rings. The molecule has 8 heteroatoms. The van der Waals surface area contributed by atoms with Crippen LogP contribution in [0.5, 0.6) is 5.75 Å². The third-order valence-corrected chi connectivity index (χ3v) is 6.82. The number of carbonyl (C=O) groups is 2. The van der Waals surface area contributed by atoms with Crippen molar-refractivity contribution in [2.24, 2.45) is 0 Å². The standard InChI is InChI=1S/C28H29BrCl2N2O3/c1-3-19(2)32-28(35)25(15-20-7-5-4-6-8-20)33(17-21-9-12-23(30)13-10-21)27(34)18-36-26-14-11-22(29)16-24(26)31/h4-14,16,19,25H,3,15,17-18H2,1-2H3,(H,32,35)/t19-,25+/m0/s1. The number of hydrogen-bond donors (Lipinski definition) is 1. The molecule has 0 aromatic heterocycles. The molecule has 36 heavy (non-hydrogen) atoms. The number of nitrogens with one attached hydrogen (secondary N) is 1. The molecule has 1 N–H and O–H groups in total. The van der Waals surface area contributed by atoms with Crippen LogP contribution in [-0.2, 0) is 22.6 Å². The number of hydrogen-bond acceptors (Lipinski definition) is 3. The lowest BCUT2D eigenvalue weighted by atomic mass is 10.0. The SMILES string of the molecule is CC[C@H](C)NC(=O)[C@@H](Cc1ccccc1)N(Cc1ccc(Cl)cc1)C(=O)COc1ccc(Br)cc1Cl. The summed E-state index contributed by atoms with van der Waals surface area (Å²) >= 11 is 15.7. The van der Waals surface area contributed by atoms with Crippen molar-refractivity contribution in [2.45, 2.75) is 45.3 Å². The van der Waals surface area contributed by atoms with Crippen molar-refractivity contribution in [3.63, 3.8) is 0 Å². The summed E-state index contributed by atoms with van der Waals surface area (Å²) in [5.41, 5.74) is 1.80. The first-order chi connectivity index (χ1) is 17.3. The zero-order valence-corrected chi connectivity index (χ0v) is 23.3. The van der Waals surface area contributed by atoms with Crippen LogP contribution in [0.15, 0.2) is 77.3 Å². The number of benzene rings is 3. The first kappa shape index (κ1) is 28.0. The van der Waals surface area contributed by atoms with Crippen molar-refractivity contribution < 1.29 is 14.3 Å². The molecule has 3 aromatic carbocycles. The van der Waals surface area contributed by atoms with Crippen LogP contribution in [0.2, 0.25) is 10.0 Å². The number of halogens is 3. The lowest BCUT2D eigenvalue weighted by molar-refractivity contribution is -0.143. The van der Waals surface area contributed by atoms with Gasteiger partial charge in [0.25, 0.3) is 5.91 Å². The van der Waals surface area contributed by atoms with Crippen molar-refractivity contribution in [3.05, 3.63) is 98.4 Å². The highest BCUT2D eigenvalue weighted by atomic mass is 79.9. The molecule has 190 valence electrons. The van der Waals surface area contributed by atoms with Crippen molar-refractivity contribution in [1.29, 1.82) is 0 Å². The van der Waals surface area contributed by atoms with Gasteiger partial charge in [-0.15, -0.1) is 0 Å². The van der Waals surface area contributed by atoms with E-state index in [1.807, 2.05) is 56.3 Å². The first-order valence-electron chi connectivity index (χ1n) is 11.7. The van der Waals surface area contributed by atoms with Crippen molar-refractivity contribution >= 4 is 50.9 Å². The average molecular weight is 592 g/mol. The molecule has 0 unspecified atom stereocenters. The molecule has 0 heterocycles. The second-order valence-corrected chi connectivity index (χ2v) is 10.3. The molecule has 2 amide bonds. The van der Waals surface area contributed by atoms with Crippen molar-refractivity contribution in [1.82, 2.24) is 10.2 Å². The summed E-state index contributed by atoms with van der Waals surface area (Å²) in [6.07, 6.45) is 1.14. The maximum Gasteiger partial charge on any atom is 0.261 e. The van der Waals surface area contributed by atoms with Crippen LogP contribution in [0.1, 0.15) is 31.4 Å². The average Bonchev–Trinajstić information content (AvgIpc) is 2.87. The van der Waals surface area contributed by atoms with E-state index in [0.717, 1.165) is 22.0 Å². The Morgan fingerprint density at radius 2 is 1.69 bits per heavy atom. The molecule has 3 rings (SSSR count). The van der Waals surface area contributed by atoms with Gasteiger partial charge in [0, 0.05) is 28.5 Å². The molecular weight excluding hydrogens is 563 g/mol. The predicted molar refractivity (Wildman–Crippen MR) is 148 cm³/mol. The van der Waals surface area contributed by atoms with E-state index >= 15 is 0 Å². The Morgan fingerprint density at radius 3 is 2.33 bits per heavy atom. The molecule has 0 aliphatic rings. The van der Waals surface area contributed by atoms with Crippen LogP contribution >= 0.6 is 39.1 Å². The summed E-state index contributed by atoms with van der Waals surface area (Å²) in [4.78, 5) is 28.6. The van der Waals surface area contributed by atoms with Crippen LogP contribution in [0.4, 0.5) is 0 Å². The van der Waals surface area contributed by atoms with Gasteiger partial charge < -0.3 is 15.0 Å². The fraction of sp³-hybridized carbons (Fsp3) is 0.286. The number of nitrogens with zero attached hydrogens (tertiary/aromatic N) is 1. The molecule has 0 fully saturated rings. The molecule has 0 radical (unpaired) electrons. The lowest BCUT2D eigenvalue weighted by Gasteiger charge is -2.32. The maximum absolute atomic E-state index is 13.6. The van der Waals surface area contributed by atoms with Crippen molar-refractivity contribution in [2.75, 3.05) is 6.61 Å². The maximum atomic E-state index is 13.6. The third-order valence-electron chi connectivity index (χ3n) is 5.78. The Balaban J connectivity index is 1.91. The Bertz CT molecular complexity index is 1160. The van der Waals surface area contributed by atoms with E-state index in [9.17, 15) is 9.59 Å². The number of rotatable bonds is 11. The van der Waals surface area contributed by atoms with Crippen molar-refractivity contribution in [3.8, 4) is 5.75 Å². The monoisotopic (exact) mass is 590 g/mol. The van der Waals surface area contributed by atoms with Gasteiger partial charge in [-0.05, 0) is 54.8 Å². The van der Waals surface area contributed by atoms with E-state index in [4.69, 9.17) is 27.9 Å². The fourth-order valence-corrected chi connectivity index (χ4v) is 4.45. The second kappa shape index (κ2) is 13.7. The Labute approximate surface area is 230 Å². The van der Waals surface area contributed by atoms with Gasteiger partial charge in [0.1, 0.15) is 11.8 Å². The molecule has 2 atom stereocenters. The van der Waals surface area contributed by atoms with E-state index in [-0.39, 0.29) is 31.0 Å². The summed E-state index contributed by atoms with van der Waals surface area (Å²) in [7, 11) is 0. The van der Waals surface area contributed by atoms with Crippen LogP contribution < -0.4 is 10.1 Å². The quantitative estimate of drug-likeness (QED) is 0.270. The Morgan fingerprint density at radius 1 is 1.00 bits per heavy atom. The summed E-state index contributed by atoms with van der Waals surface area (Å²) in [5, 5.41) is 4.03. The van der Waals surface area contributed by atoms with E-state index < -0.39 is 6.04 Å². The number of amides is 2. The van der Waals surface area contributed by atoms with Gasteiger partial charge in [0.15, 0.2) is 6.61 Å². The summed E-state index contributed by atoms with van der Waals surface area (Å²) in [6, 6.07) is 21.3. The van der Waals surface area contributed by atoms with Gasteiger partial charge in [-0.1, -0.05) is 88.5 Å². The zero-order chi connectivity index (χ0) is 26.1. The Hall–Kier alpha value is -2.54. The predicted octanol–water partition coefficient (Wildman–Crippen LogP) is 6.69. The molecule has 0 aliphatic heterocycles. The summed E-state index contributed by atoms with van der Waals surface area (Å²) in [5.74, 6) is -0.148. The smallest absolute Gasteiger partial charge is 0.261 e. The molecule has 0 saturated heterocycles. The topological polar surface area (TPSA) is 58.6 Å². The molecule has 0 spiro atoms. The minimum absolute atomic E-state index is 0.0268. The number of carbonyl (C=O) groups excluding carboxylic acids is 2. The minimum Gasteiger partial charge on any atom is -0.482 e.